The maximum absolute atomic E-state index is 10.9. The molecule has 0 amide bonds. The van der Waals surface area contributed by atoms with E-state index in [0.717, 1.165) is 9.30 Å². The smallest absolute Gasteiger partial charge is 0.359 e. The first-order valence-corrected chi connectivity index (χ1v) is 5.05. The van der Waals surface area contributed by atoms with Gasteiger partial charge in [0, 0.05) is 4.43 Å². The van der Waals surface area contributed by atoms with Gasteiger partial charge in [-0.15, -0.1) is 5.10 Å². The lowest BCUT2D eigenvalue weighted by atomic mass is 10.4. The van der Waals surface area contributed by atoms with Crippen LogP contribution in [0, 0.1) is 0 Å². The van der Waals surface area contributed by atoms with E-state index in [1.165, 1.54) is 18.6 Å². The molecule has 1 aromatic rings. The van der Waals surface area contributed by atoms with Crippen LogP contribution < -0.4 is 0 Å². The first kappa shape index (κ1) is 8.85. The number of carbonyl (C=O) groups excluding carboxylic acids is 1. The Kier molecular flexibility index (Phi) is 3.18. The summed E-state index contributed by atoms with van der Waals surface area (Å²) >= 11 is 3.37. The average Bonchev–Trinajstić information content (AvgIpc) is 2.50. The van der Waals surface area contributed by atoms with Crippen molar-refractivity contribution in [3.8, 4) is 0 Å². The maximum Gasteiger partial charge on any atom is 0.359 e. The van der Waals surface area contributed by atoms with Crippen molar-refractivity contribution in [1.29, 1.82) is 0 Å². The van der Waals surface area contributed by atoms with Crippen LogP contribution in [0.15, 0.2) is 0 Å². The number of aromatic nitrogens is 2. The largest absolute Gasteiger partial charge is 0.464 e. The Hall–Kier alpha value is -0.240. The first-order valence-electron chi connectivity index (χ1n) is 2.75. The van der Waals surface area contributed by atoms with Crippen LogP contribution in [-0.2, 0) is 9.16 Å². The van der Waals surface area contributed by atoms with E-state index < -0.39 is 5.97 Å². The van der Waals surface area contributed by atoms with Crippen LogP contribution in [0.4, 0.5) is 0 Å². The van der Waals surface area contributed by atoms with E-state index in [4.69, 9.17) is 0 Å². The molecule has 1 aromatic heterocycles. The fourth-order valence-electron chi connectivity index (χ4n) is 0.549. The second-order valence-electron chi connectivity index (χ2n) is 1.67. The number of hydrogen-bond acceptors (Lipinski definition) is 5. The number of esters is 1. The Balaban J connectivity index is 2.92. The summed E-state index contributed by atoms with van der Waals surface area (Å²) in [5.74, 6) is -0.412. The predicted octanol–water partition coefficient (Wildman–Crippen LogP) is 1.26. The van der Waals surface area contributed by atoms with Gasteiger partial charge in [0.05, 0.1) is 12.0 Å². The number of nitrogens with zero attached hydrogens (tertiary/aromatic N) is 2. The van der Waals surface area contributed by atoms with Gasteiger partial charge in [-0.3, -0.25) is 0 Å². The van der Waals surface area contributed by atoms with Gasteiger partial charge in [-0.05, 0) is 11.5 Å². The summed E-state index contributed by atoms with van der Waals surface area (Å²) in [5, 5.41) is 3.65. The molecule has 0 saturated heterocycles. The minimum absolute atomic E-state index is 0.340. The topological polar surface area (TPSA) is 52.1 Å². The summed E-state index contributed by atoms with van der Waals surface area (Å²) in [7, 11) is 1.33. The minimum atomic E-state index is -0.412. The molecule has 0 bridgehead atoms. The SMILES string of the molecule is COC(=O)c1nnsc1CI. The van der Waals surface area contributed by atoms with E-state index >= 15 is 0 Å². The highest BCUT2D eigenvalue weighted by Crippen LogP contribution is 2.14. The molecule has 0 aromatic carbocycles. The van der Waals surface area contributed by atoms with E-state index in [1.807, 2.05) is 0 Å². The van der Waals surface area contributed by atoms with Crippen LogP contribution in [0.1, 0.15) is 15.4 Å². The van der Waals surface area contributed by atoms with Crippen LogP contribution in [0.3, 0.4) is 0 Å². The fourth-order valence-corrected chi connectivity index (χ4v) is 1.81. The summed E-state index contributed by atoms with van der Waals surface area (Å²) in [6, 6.07) is 0. The molecule has 0 saturated carbocycles. The van der Waals surface area contributed by atoms with Crippen molar-refractivity contribution in [3.63, 3.8) is 0 Å². The third kappa shape index (κ3) is 1.86. The summed E-state index contributed by atoms with van der Waals surface area (Å²) in [4.78, 5) is 11.8. The fraction of sp³-hybridized carbons (Fsp3) is 0.400. The highest BCUT2D eigenvalue weighted by molar-refractivity contribution is 14.1. The van der Waals surface area contributed by atoms with Gasteiger partial charge >= 0.3 is 5.97 Å². The average molecular weight is 284 g/mol. The monoisotopic (exact) mass is 284 g/mol. The zero-order valence-corrected chi connectivity index (χ0v) is 8.68. The molecule has 11 heavy (non-hydrogen) atoms. The second-order valence-corrected chi connectivity index (χ2v) is 3.27. The molecule has 4 nitrogen and oxygen atoms in total. The Morgan fingerprint density at radius 1 is 1.82 bits per heavy atom. The molecule has 1 rings (SSSR count). The van der Waals surface area contributed by atoms with Gasteiger partial charge in [0.15, 0.2) is 5.69 Å². The number of methoxy groups -OCH3 is 1. The molecule has 0 fully saturated rings. The van der Waals surface area contributed by atoms with E-state index in [9.17, 15) is 4.79 Å². The van der Waals surface area contributed by atoms with Crippen molar-refractivity contribution in [2.75, 3.05) is 7.11 Å². The molecular formula is C5H5IN2O2S. The Labute approximate surface area is 81.3 Å². The highest BCUT2D eigenvalue weighted by atomic mass is 127. The molecule has 0 spiro atoms. The molecule has 0 radical (unpaired) electrons. The zero-order chi connectivity index (χ0) is 8.27. The van der Waals surface area contributed by atoms with Crippen LogP contribution in [0.5, 0.6) is 0 Å². The van der Waals surface area contributed by atoms with E-state index in [1.54, 1.807) is 0 Å². The van der Waals surface area contributed by atoms with Crippen LogP contribution in [-0.4, -0.2) is 22.7 Å². The molecule has 0 aliphatic rings. The molecule has 1 heterocycles. The van der Waals surface area contributed by atoms with Gasteiger partial charge in [-0.2, -0.15) is 0 Å². The Morgan fingerprint density at radius 2 is 2.55 bits per heavy atom. The summed E-state index contributed by atoms with van der Waals surface area (Å²) in [6.07, 6.45) is 0. The zero-order valence-electron chi connectivity index (χ0n) is 5.70. The molecule has 6 heteroatoms. The number of rotatable bonds is 2. The van der Waals surface area contributed by atoms with Crippen molar-refractivity contribution in [1.82, 2.24) is 9.59 Å². The molecule has 60 valence electrons. The second kappa shape index (κ2) is 3.96. The van der Waals surface area contributed by atoms with Gasteiger partial charge in [-0.1, -0.05) is 27.1 Å². The number of ether oxygens (including phenoxy) is 1. The maximum atomic E-state index is 10.9. The quantitative estimate of drug-likeness (QED) is 0.466. The molecule has 0 aliphatic heterocycles. The minimum Gasteiger partial charge on any atom is -0.464 e. The normalized spacial score (nSPS) is 9.64. The lowest BCUT2D eigenvalue weighted by Crippen LogP contribution is -2.03. The van der Waals surface area contributed by atoms with Crippen LogP contribution in [0.25, 0.3) is 0 Å². The third-order valence-electron chi connectivity index (χ3n) is 1.06. The number of alkyl halides is 1. The summed E-state index contributed by atoms with van der Waals surface area (Å²) < 4.78 is 8.88. The molecular weight excluding hydrogens is 279 g/mol. The van der Waals surface area contributed by atoms with E-state index in [0.29, 0.717) is 5.69 Å². The van der Waals surface area contributed by atoms with Crippen molar-refractivity contribution < 1.29 is 9.53 Å². The number of hydrogen-bond donors (Lipinski definition) is 0. The lowest BCUT2D eigenvalue weighted by Gasteiger charge is -1.93. The standard InChI is InChI=1S/C5H5IN2O2S/c1-10-5(9)4-3(2-6)11-8-7-4/h2H2,1H3. The Morgan fingerprint density at radius 3 is 3.09 bits per heavy atom. The predicted molar refractivity (Wildman–Crippen MR) is 49.0 cm³/mol. The molecule has 0 unspecified atom stereocenters. The van der Waals surface area contributed by atoms with Crippen molar-refractivity contribution in [3.05, 3.63) is 10.6 Å². The van der Waals surface area contributed by atoms with Gasteiger partial charge in [0.2, 0.25) is 0 Å². The third-order valence-corrected chi connectivity index (χ3v) is 3.06. The van der Waals surface area contributed by atoms with Gasteiger partial charge in [-0.25, -0.2) is 4.79 Å². The Bertz CT molecular complexity index is 263. The number of carbonyl (C=O) groups is 1. The van der Waals surface area contributed by atoms with Gasteiger partial charge in [0.1, 0.15) is 0 Å². The molecule has 0 atom stereocenters. The van der Waals surface area contributed by atoms with Gasteiger partial charge in [0.25, 0.3) is 0 Å². The summed E-state index contributed by atoms with van der Waals surface area (Å²) in [6.45, 7) is 0. The number of halogens is 1. The van der Waals surface area contributed by atoms with E-state index in [-0.39, 0.29) is 0 Å². The van der Waals surface area contributed by atoms with Crippen molar-refractivity contribution >= 4 is 40.1 Å². The lowest BCUT2D eigenvalue weighted by molar-refractivity contribution is 0.0593. The van der Waals surface area contributed by atoms with Crippen molar-refractivity contribution in [2.24, 2.45) is 0 Å². The van der Waals surface area contributed by atoms with Crippen LogP contribution >= 0.6 is 34.1 Å². The van der Waals surface area contributed by atoms with Crippen molar-refractivity contribution in [2.45, 2.75) is 4.43 Å². The van der Waals surface area contributed by atoms with E-state index in [2.05, 4.69) is 36.9 Å². The van der Waals surface area contributed by atoms with Gasteiger partial charge < -0.3 is 4.74 Å². The molecule has 0 N–H and O–H groups in total. The molecule has 0 aliphatic carbocycles. The van der Waals surface area contributed by atoms with Crippen LogP contribution in [0.2, 0.25) is 0 Å². The summed E-state index contributed by atoms with van der Waals surface area (Å²) in [5.41, 5.74) is 0.340. The highest BCUT2D eigenvalue weighted by Gasteiger charge is 2.14. The first-order chi connectivity index (χ1) is 5.29.